The Balaban J connectivity index is 3.03. The summed E-state index contributed by atoms with van der Waals surface area (Å²) in [6.07, 6.45) is -13.4. The van der Waals surface area contributed by atoms with E-state index in [1.807, 2.05) is 0 Å². The van der Waals surface area contributed by atoms with E-state index in [1.54, 1.807) is 0 Å². The summed E-state index contributed by atoms with van der Waals surface area (Å²) >= 11 is 3.30. The van der Waals surface area contributed by atoms with Gasteiger partial charge < -0.3 is 0 Å². The lowest BCUT2D eigenvalue weighted by Gasteiger charge is -2.37. The monoisotopic (exact) mass is 500 g/mol. The first-order chi connectivity index (χ1) is 12.6. The fraction of sp³-hybridized carbons (Fsp3) is 0.467. The molecule has 0 saturated carbocycles. The van der Waals surface area contributed by atoms with Crippen molar-refractivity contribution < 1.29 is 39.5 Å². The average Bonchev–Trinajstić information content (AvgIpc) is 2.96. The van der Waals surface area contributed by atoms with E-state index in [1.165, 1.54) is 19.9 Å². The van der Waals surface area contributed by atoms with Crippen LogP contribution < -0.4 is 0 Å². The Bertz CT molecular complexity index is 875. The lowest BCUT2D eigenvalue weighted by molar-refractivity contribution is -0.389. The van der Waals surface area contributed by atoms with E-state index >= 15 is 4.39 Å². The van der Waals surface area contributed by atoms with Crippen LogP contribution in [-0.4, -0.2) is 27.9 Å². The Morgan fingerprint density at radius 3 is 1.93 bits per heavy atom. The van der Waals surface area contributed by atoms with Gasteiger partial charge in [-0.2, -0.15) is 35.1 Å². The molecular weight excluding hydrogens is 491 g/mol. The van der Waals surface area contributed by atoms with Crippen molar-refractivity contribution in [3.05, 3.63) is 33.4 Å². The highest BCUT2D eigenvalue weighted by atomic mass is 79.9. The molecule has 1 aromatic carbocycles. The third kappa shape index (κ3) is 3.40. The van der Waals surface area contributed by atoms with Gasteiger partial charge in [0.15, 0.2) is 0 Å². The zero-order chi connectivity index (χ0) is 21.7. The van der Waals surface area contributed by atoms with Gasteiger partial charge in [0.2, 0.25) is 0 Å². The van der Waals surface area contributed by atoms with Gasteiger partial charge in [0, 0.05) is 15.6 Å². The molecule has 13 heteroatoms. The van der Waals surface area contributed by atoms with Gasteiger partial charge in [-0.05, 0) is 36.5 Å². The quantitative estimate of drug-likeness (QED) is 0.433. The predicted octanol–water partition coefficient (Wildman–Crippen LogP) is 6.76. The number of hydrogen-bond acceptors (Lipinski definition) is 3. The van der Waals surface area contributed by atoms with Gasteiger partial charge in [0.25, 0.3) is 0 Å². The lowest BCUT2D eigenvalue weighted by Crippen LogP contribution is -2.60. The van der Waals surface area contributed by atoms with Crippen molar-refractivity contribution in [2.24, 2.45) is 0 Å². The third-order valence-electron chi connectivity index (χ3n) is 3.99. The molecule has 28 heavy (non-hydrogen) atoms. The number of rotatable bonds is 4. The zero-order valence-corrected chi connectivity index (χ0v) is 16.3. The minimum atomic E-state index is -6.80. The van der Waals surface area contributed by atoms with Gasteiger partial charge >= 0.3 is 23.9 Å². The first-order valence-corrected chi connectivity index (χ1v) is 8.98. The van der Waals surface area contributed by atoms with Crippen LogP contribution in [0.15, 0.2) is 16.6 Å². The zero-order valence-electron chi connectivity index (χ0n) is 13.9. The summed E-state index contributed by atoms with van der Waals surface area (Å²) in [5.74, 6) is -6.76. The van der Waals surface area contributed by atoms with Crippen molar-refractivity contribution in [3.8, 4) is 10.4 Å². The number of halogens is 10. The molecule has 1 heterocycles. The van der Waals surface area contributed by atoms with Gasteiger partial charge in [-0.1, -0.05) is 33.4 Å². The van der Waals surface area contributed by atoms with Crippen LogP contribution in [0.4, 0.5) is 39.5 Å². The summed E-state index contributed by atoms with van der Waals surface area (Å²) in [5, 5.41) is 3.51. The number of aromatic nitrogens is 2. The third-order valence-corrected chi connectivity index (χ3v) is 5.46. The topological polar surface area (TPSA) is 25.8 Å². The normalized spacial score (nSPS) is 15.6. The first kappa shape index (κ1) is 22.9. The van der Waals surface area contributed by atoms with Crippen molar-refractivity contribution in [3.63, 3.8) is 0 Å². The number of aryl methyl sites for hydroxylation is 2. The van der Waals surface area contributed by atoms with Crippen molar-refractivity contribution >= 4 is 27.5 Å². The second kappa shape index (κ2) is 7.15. The highest BCUT2D eigenvalue weighted by Crippen LogP contribution is 2.60. The standard InChI is InChI=1S/C15H10BrF9N2S/c1-3-7-4-8(10(9(16)5-7)11-6(2)26-27-28-11)12(17,14(20,21)22)13(18,19)15(23,24)25/h4-5H,3H2,1-2H3. The molecule has 2 nitrogen and oxygen atoms in total. The second-order valence-electron chi connectivity index (χ2n) is 5.77. The first-order valence-electron chi connectivity index (χ1n) is 7.42. The Morgan fingerprint density at radius 1 is 0.964 bits per heavy atom. The van der Waals surface area contributed by atoms with Crippen molar-refractivity contribution in [1.29, 1.82) is 0 Å². The molecule has 156 valence electrons. The van der Waals surface area contributed by atoms with Crippen LogP contribution >= 0.6 is 27.5 Å². The predicted molar refractivity (Wildman–Crippen MR) is 87.0 cm³/mol. The fourth-order valence-electron chi connectivity index (χ4n) is 2.53. The summed E-state index contributed by atoms with van der Waals surface area (Å²) in [5.41, 5.74) is -8.85. The maximum atomic E-state index is 15.1. The molecule has 0 aliphatic heterocycles. The average molecular weight is 501 g/mol. The minimum absolute atomic E-state index is 0.0443. The molecular formula is C15H10BrF9N2S. The highest BCUT2D eigenvalue weighted by Gasteiger charge is 2.82. The fourth-order valence-corrected chi connectivity index (χ4v) is 4.09. The minimum Gasteiger partial charge on any atom is -0.221 e. The molecule has 1 aromatic heterocycles. The van der Waals surface area contributed by atoms with E-state index in [9.17, 15) is 35.1 Å². The Labute approximate surface area is 165 Å². The maximum Gasteiger partial charge on any atom is 0.457 e. The van der Waals surface area contributed by atoms with Crippen molar-refractivity contribution in [2.45, 2.75) is 44.2 Å². The van der Waals surface area contributed by atoms with Crippen LogP contribution in [0.2, 0.25) is 0 Å². The molecule has 1 atom stereocenters. The van der Waals surface area contributed by atoms with Crippen LogP contribution in [0.5, 0.6) is 0 Å². The molecule has 1 unspecified atom stereocenters. The van der Waals surface area contributed by atoms with Gasteiger partial charge in [-0.25, -0.2) is 4.39 Å². The molecule has 0 spiro atoms. The van der Waals surface area contributed by atoms with Crippen LogP contribution in [0.3, 0.4) is 0 Å². The molecule has 0 bridgehead atoms. The SMILES string of the molecule is CCc1cc(Br)c(-c2snnc2C)c(C(F)(C(F)(F)F)C(F)(F)C(F)(F)F)c1. The molecule has 0 amide bonds. The van der Waals surface area contributed by atoms with E-state index in [-0.39, 0.29) is 27.0 Å². The summed E-state index contributed by atoms with van der Waals surface area (Å²) < 4.78 is 125. The molecule has 0 fully saturated rings. The Morgan fingerprint density at radius 2 is 1.54 bits per heavy atom. The van der Waals surface area contributed by atoms with Crippen LogP contribution in [0.1, 0.15) is 23.7 Å². The van der Waals surface area contributed by atoms with Gasteiger partial charge in [0.1, 0.15) is 0 Å². The summed E-state index contributed by atoms with van der Waals surface area (Å²) in [6, 6.07) is 1.58. The summed E-state index contributed by atoms with van der Waals surface area (Å²) in [4.78, 5) is -0.270. The molecule has 0 radical (unpaired) electrons. The van der Waals surface area contributed by atoms with E-state index in [0.717, 1.165) is 0 Å². The van der Waals surface area contributed by atoms with Crippen LogP contribution in [-0.2, 0) is 12.1 Å². The van der Waals surface area contributed by atoms with Gasteiger partial charge in [0.05, 0.1) is 10.6 Å². The van der Waals surface area contributed by atoms with Gasteiger partial charge in [-0.15, -0.1) is 5.10 Å². The smallest absolute Gasteiger partial charge is 0.221 e. The van der Waals surface area contributed by atoms with Crippen molar-refractivity contribution in [2.75, 3.05) is 0 Å². The Hall–Kier alpha value is -1.37. The molecule has 0 saturated heterocycles. The van der Waals surface area contributed by atoms with Crippen molar-refractivity contribution in [1.82, 2.24) is 9.59 Å². The summed E-state index contributed by atoms with van der Waals surface area (Å²) in [6.45, 7) is 2.66. The number of hydrogen-bond donors (Lipinski definition) is 0. The van der Waals surface area contributed by atoms with E-state index in [4.69, 9.17) is 0 Å². The van der Waals surface area contributed by atoms with E-state index in [0.29, 0.717) is 17.6 Å². The number of benzene rings is 1. The van der Waals surface area contributed by atoms with E-state index < -0.39 is 35.1 Å². The second-order valence-corrected chi connectivity index (χ2v) is 7.38. The maximum absolute atomic E-state index is 15.1. The van der Waals surface area contributed by atoms with E-state index in [2.05, 4.69) is 25.5 Å². The molecule has 0 aliphatic carbocycles. The number of nitrogens with zero attached hydrogens (tertiary/aromatic N) is 2. The lowest BCUT2D eigenvalue weighted by atomic mass is 9.83. The van der Waals surface area contributed by atoms with Gasteiger partial charge in [-0.3, -0.25) is 0 Å². The summed E-state index contributed by atoms with van der Waals surface area (Å²) in [7, 11) is 0. The molecule has 0 N–H and O–H groups in total. The molecule has 2 aromatic rings. The number of alkyl halides is 9. The van der Waals surface area contributed by atoms with Crippen LogP contribution in [0, 0.1) is 6.92 Å². The highest BCUT2D eigenvalue weighted by molar-refractivity contribution is 9.10. The molecule has 0 aliphatic rings. The molecule has 2 rings (SSSR count). The van der Waals surface area contributed by atoms with Crippen LogP contribution in [0.25, 0.3) is 10.4 Å². The largest absolute Gasteiger partial charge is 0.457 e. The Kier molecular flexibility index (Phi) is 5.85.